The highest BCUT2D eigenvalue weighted by Gasteiger charge is 2.03. The highest BCUT2D eigenvalue weighted by atomic mass is 35.5. The van der Waals surface area contributed by atoms with Gasteiger partial charge in [0.2, 0.25) is 0 Å². The molecule has 0 aromatic carbocycles. The molecular weight excluding hydrogens is 200 g/mol. The first kappa shape index (κ1) is 9.15. The molecule has 0 unspecified atom stereocenters. The second-order valence-electron chi connectivity index (χ2n) is 2.92. The topological polar surface area (TPSA) is 43.6 Å². The fourth-order valence-electron chi connectivity index (χ4n) is 1.20. The standard InChI is InChI=1S/C9H9ClN4/c1-14-7(2-5-12-14)6-9-11-4-3-8(10)13-9/h2-5H,6H2,1H3. The first-order chi connectivity index (χ1) is 6.75. The second-order valence-corrected chi connectivity index (χ2v) is 3.31. The molecule has 0 saturated heterocycles. The molecular formula is C9H9ClN4. The van der Waals surface area contributed by atoms with Gasteiger partial charge in [-0.15, -0.1) is 0 Å². The van der Waals surface area contributed by atoms with E-state index in [1.807, 2.05) is 13.1 Å². The SMILES string of the molecule is Cn1nccc1Cc1nccc(Cl)n1. The highest BCUT2D eigenvalue weighted by Crippen LogP contribution is 2.07. The van der Waals surface area contributed by atoms with Crippen molar-refractivity contribution in [3.63, 3.8) is 0 Å². The van der Waals surface area contributed by atoms with Crippen molar-refractivity contribution >= 4 is 11.6 Å². The van der Waals surface area contributed by atoms with E-state index in [9.17, 15) is 0 Å². The monoisotopic (exact) mass is 208 g/mol. The third kappa shape index (κ3) is 1.90. The van der Waals surface area contributed by atoms with Crippen LogP contribution in [0.25, 0.3) is 0 Å². The summed E-state index contributed by atoms with van der Waals surface area (Å²) in [6.07, 6.45) is 4.05. The molecule has 0 aliphatic heterocycles. The van der Waals surface area contributed by atoms with Crippen LogP contribution in [0.3, 0.4) is 0 Å². The molecule has 0 bridgehead atoms. The minimum absolute atomic E-state index is 0.470. The Morgan fingerprint density at radius 3 is 2.86 bits per heavy atom. The minimum Gasteiger partial charge on any atom is -0.272 e. The summed E-state index contributed by atoms with van der Waals surface area (Å²) in [7, 11) is 1.89. The molecule has 5 heteroatoms. The van der Waals surface area contributed by atoms with Gasteiger partial charge in [0.1, 0.15) is 11.0 Å². The molecule has 0 saturated carbocycles. The Labute approximate surface area is 86.6 Å². The maximum Gasteiger partial charge on any atom is 0.135 e. The zero-order valence-electron chi connectivity index (χ0n) is 7.68. The summed E-state index contributed by atoms with van der Waals surface area (Å²) < 4.78 is 1.80. The van der Waals surface area contributed by atoms with Gasteiger partial charge in [0, 0.05) is 31.6 Å². The van der Waals surface area contributed by atoms with E-state index >= 15 is 0 Å². The van der Waals surface area contributed by atoms with Crippen molar-refractivity contribution in [2.75, 3.05) is 0 Å². The molecule has 0 amide bonds. The summed E-state index contributed by atoms with van der Waals surface area (Å²) in [4.78, 5) is 8.22. The van der Waals surface area contributed by atoms with Crippen LogP contribution in [0.4, 0.5) is 0 Å². The summed E-state index contributed by atoms with van der Waals surface area (Å²) in [6.45, 7) is 0. The third-order valence-corrected chi connectivity index (χ3v) is 2.14. The van der Waals surface area contributed by atoms with Crippen molar-refractivity contribution < 1.29 is 0 Å². The maximum atomic E-state index is 5.75. The Balaban J connectivity index is 2.23. The van der Waals surface area contributed by atoms with E-state index in [4.69, 9.17) is 11.6 Å². The van der Waals surface area contributed by atoms with E-state index < -0.39 is 0 Å². The molecule has 14 heavy (non-hydrogen) atoms. The second kappa shape index (κ2) is 3.75. The van der Waals surface area contributed by atoms with Crippen LogP contribution in [0.5, 0.6) is 0 Å². The van der Waals surface area contributed by atoms with Gasteiger partial charge in [-0.25, -0.2) is 9.97 Å². The predicted octanol–water partition coefficient (Wildman–Crippen LogP) is 1.45. The molecule has 2 rings (SSSR count). The summed E-state index contributed by atoms with van der Waals surface area (Å²) >= 11 is 5.75. The van der Waals surface area contributed by atoms with Gasteiger partial charge in [-0.2, -0.15) is 5.10 Å². The van der Waals surface area contributed by atoms with Gasteiger partial charge in [0.05, 0.1) is 0 Å². The Kier molecular flexibility index (Phi) is 2.45. The smallest absolute Gasteiger partial charge is 0.135 e. The van der Waals surface area contributed by atoms with Crippen LogP contribution in [0.15, 0.2) is 24.5 Å². The first-order valence-corrected chi connectivity index (χ1v) is 4.58. The first-order valence-electron chi connectivity index (χ1n) is 4.20. The molecule has 4 nitrogen and oxygen atoms in total. The number of halogens is 1. The summed E-state index contributed by atoms with van der Waals surface area (Å²) in [6, 6.07) is 3.60. The number of aromatic nitrogens is 4. The normalized spacial score (nSPS) is 10.4. The van der Waals surface area contributed by atoms with Gasteiger partial charge in [0.25, 0.3) is 0 Å². The fraction of sp³-hybridized carbons (Fsp3) is 0.222. The van der Waals surface area contributed by atoms with Gasteiger partial charge in [-0.1, -0.05) is 11.6 Å². The summed E-state index contributed by atoms with van der Waals surface area (Å²) in [5, 5.41) is 4.53. The molecule has 2 heterocycles. The molecule has 0 aliphatic rings. The Hall–Kier alpha value is -1.42. The van der Waals surface area contributed by atoms with Crippen molar-refractivity contribution in [3.05, 3.63) is 41.2 Å². The number of rotatable bonds is 2. The van der Waals surface area contributed by atoms with Gasteiger partial charge in [-0.05, 0) is 12.1 Å². The number of hydrogen-bond acceptors (Lipinski definition) is 3. The van der Waals surface area contributed by atoms with Crippen molar-refractivity contribution in [2.45, 2.75) is 6.42 Å². The zero-order valence-corrected chi connectivity index (χ0v) is 8.44. The van der Waals surface area contributed by atoms with Crippen LogP contribution in [0.1, 0.15) is 11.5 Å². The minimum atomic E-state index is 0.470. The largest absolute Gasteiger partial charge is 0.272 e. The molecule has 2 aromatic heterocycles. The highest BCUT2D eigenvalue weighted by molar-refractivity contribution is 6.29. The Bertz CT molecular complexity index is 438. The van der Waals surface area contributed by atoms with E-state index in [-0.39, 0.29) is 0 Å². The van der Waals surface area contributed by atoms with Crippen LogP contribution in [-0.2, 0) is 13.5 Å². The summed E-state index contributed by atoms with van der Waals surface area (Å²) in [5.41, 5.74) is 1.06. The molecule has 0 atom stereocenters. The fourth-order valence-corrected chi connectivity index (χ4v) is 1.35. The lowest BCUT2D eigenvalue weighted by Crippen LogP contribution is -2.02. The van der Waals surface area contributed by atoms with Crippen LogP contribution in [-0.4, -0.2) is 19.7 Å². The van der Waals surface area contributed by atoms with Crippen molar-refractivity contribution in [1.29, 1.82) is 0 Å². The Morgan fingerprint density at radius 2 is 2.21 bits per heavy atom. The average Bonchev–Trinajstić information content (AvgIpc) is 2.52. The van der Waals surface area contributed by atoms with Crippen LogP contribution in [0.2, 0.25) is 5.15 Å². The van der Waals surface area contributed by atoms with Crippen LogP contribution < -0.4 is 0 Å². The van der Waals surface area contributed by atoms with E-state index in [2.05, 4.69) is 15.1 Å². The molecule has 0 N–H and O–H groups in total. The molecule has 0 radical (unpaired) electrons. The van der Waals surface area contributed by atoms with Crippen LogP contribution >= 0.6 is 11.6 Å². The summed E-state index contributed by atoms with van der Waals surface area (Å²) in [5.74, 6) is 0.709. The molecule has 0 spiro atoms. The van der Waals surface area contributed by atoms with E-state index in [1.165, 1.54) is 0 Å². The number of nitrogens with zero attached hydrogens (tertiary/aromatic N) is 4. The van der Waals surface area contributed by atoms with Crippen LogP contribution in [0, 0.1) is 0 Å². The van der Waals surface area contributed by atoms with Crippen molar-refractivity contribution in [2.24, 2.45) is 7.05 Å². The molecule has 0 aliphatic carbocycles. The lowest BCUT2D eigenvalue weighted by molar-refractivity contribution is 0.715. The van der Waals surface area contributed by atoms with Gasteiger partial charge in [-0.3, -0.25) is 4.68 Å². The third-order valence-electron chi connectivity index (χ3n) is 1.93. The molecule has 72 valence electrons. The van der Waals surface area contributed by atoms with Crippen molar-refractivity contribution in [1.82, 2.24) is 19.7 Å². The van der Waals surface area contributed by atoms with Gasteiger partial charge >= 0.3 is 0 Å². The number of hydrogen-bond donors (Lipinski definition) is 0. The van der Waals surface area contributed by atoms with E-state index in [0.29, 0.717) is 17.4 Å². The van der Waals surface area contributed by atoms with E-state index in [1.54, 1.807) is 23.1 Å². The molecule has 2 aromatic rings. The molecule has 0 fully saturated rings. The van der Waals surface area contributed by atoms with Crippen molar-refractivity contribution in [3.8, 4) is 0 Å². The van der Waals surface area contributed by atoms with Gasteiger partial charge in [0.15, 0.2) is 0 Å². The zero-order chi connectivity index (χ0) is 9.97. The quantitative estimate of drug-likeness (QED) is 0.702. The Morgan fingerprint density at radius 1 is 1.36 bits per heavy atom. The average molecular weight is 209 g/mol. The van der Waals surface area contributed by atoms with Gasteiger partial charge < -0.3 is 0 Å². The predicted molar refractivity (Wildman–Crippen MR) is 53.1 cm³/mol. The lowest BCUT2D eigenvalue weighted by atomic mass is 10.3. The maximum absolute atomic E-state index is 5.75. The number of aryl methyl sites for hydroxylation is 1. The lowest BCUT2D eigenvalue weighted by Gasteiger charge is -2.00. The van der Waals surface area contributed by atoms with E-state index in [0.717, 1.165) is 5.69 Å².